The number of benzene rings is 4. The summed E-state index contributed by atoms with van der Waals surface area (Å²) in [6.07, 6.45) is 0.653. The van der Waals surface area contributed by atoms with E-state index in [0.29, 0.717) is 17.0 Å². The second kappa shape index (κ2) is 8.71. The first-order valence-electron chi connectivity index (χ1n) is 11.0. The fourth-order valence-corrected chi connectivity index (χ4v) is 6.21. The number of sulfonamides is 1. The lowest BCUT2D eigenvalue weighted by molar-refractivity contribution is -0.121. The van der Waals surface area contributed by atoms with Crippen molar-refractivity contribution in [3.63, 3.8) is 0 Å². The van der Waals surface area contributed by atoms with E-state index in [-0.39, 0.29) is 24.9 Å². The van der Waals surface area contributed by atoms with Crippen molar-refractivity contribution < 1.29 is 13.2 Å². The van der Waals surface area contributed by atoms with E-state index in [1.54, 1.807) is 12.1 Å². The first-order valence-corrected chi connectivity index (χ1v) is 12.4. The molecule has 33 heavy (non-hydrogen) atoms. The van der Waals surface area contributed by atoms with Crippen molar-refractivity contribution in [1.82, 2.24) is 5.32 Å². The maximum absolute atomic E-state index is 13.1. The zero-order chi connectivity index (χ0) is 22.8. The van der Waals surface area contributed by atoms with Crippen LogP contribution in [-0.4, -0.2) is 20.9 Å². The molecular formula is C27H24N2O3S. The van der Waals surface area contributed by atoms with Crippen LogP contribution in [0.3, 0.4) is 0 Å². The smallest absolute Gasteiger partial charge is 0.265 e. The lowest BCUT2D eigenvalue weighted by Gasteiger charge is -2.21. The second-order valence-electron chi connectivity index (χ2n) is 8.13. The maximum Gasteiger partial charge on any atom is 0.265 e. The number of anilines is 1. The monoisotopic (exact) mass is 456 g/mol. The number of amides is 1. The van der Waals surface area contributed by atoms with Gasteiger partial charge in [-0.1, -0.05) is 84.9 Å². The molecule has 6 heteroatoms. The zero-order valence-corrected chi connectivity index (χ0v) is 18.8. The molecule has 1 N–H and O–H groups in total. The quantitative estimate of drug-likeness (QED) is 0.424. The van der Waals surface area contributed by atoms with Gasteiger partial charge in [0.15, 0.2) is 0 Å². The van der Waals surface area contributed by atoms with Crippen LogP contribution in [0.4, 0.5) is 5.69 Å². The molecule has 0 aliphatic carbocycles. The summed E-state index contributed by atoms with van der Waals surface area (Å²) >= 11 is 0. The Morgan fingerprint density at radius 3 is 2.03 bits per heavy atom. The van der Waals surface area contributed by atoms with Crippen molar-refractivity contribution in [2.75, 3.05) is 10.8 Å². The molecule has 1 aliphatic heterocycles. The molecule has 166 valence electrons. The fourth-order valence-electron chi connectivity index (χ4n) is 4.47. The van der Waals surface area contributed by atoms with Crippen molar-refractivity contribution in [1.29, 1.82) is 0 Å². The van der Waals surface area contributed by atoms with Crippen molar-refractivity contribution in [2.24, 2.45) is 0 Å². The van der Waals surface area contributed by atoms with E-state index in [2.05, 4.69) is 5.32 Å². The van der Waals surface area contributed by atoms with Gasteiger partial charge in [0.1, 0.15) is 0 Å². The van der Waals surface area contributed by atoms with Crippen LogP contribution < -0.4 is 9.62 Å². The Hall–Kier alpha value is -3.64. The van der Waals surface area contributed by atoms with Gasteiger partial charge < -0.3 is 5.32 Å². The van der Waals surface area contributed by atoms with Crippen molar-refractivity contribution in [2.45, 2.75) is 23.8 Å². The zero-order valence-electron chi connectivity index (χ0n) is 18.0. The van der Waals surface area contributed by atoms with Gasteiger partial charge in [0.05, 0.1) is 16.6 Å². The molecule has 0 spiro atoms. The lowest BCUT2D eigenvalue weighted by atomic mass is 9.98. The largest absolute Gasteiger partial charge is 0.345 e. The topological polar surface area (TPSA) is 66.5 Å². The predicted octanol–water partition coefficient (Wildman–Crippen LogP) is 5.03. The highest BCUT2D eigenvalue weighted by molar-refractivity contribution is 7.93. The molecule has 5 rings (SSSR count). The van der Waals surface area contributed by atoms with Crippen molar-refractivity contribution in [3.05, 3.63) is 108 Å². The summed E-state index contributed by atoms with van der Waals surface area (Å²) in [6.45, 7) is 0.255. The average Bonchev–Trinajstić information content (AvgIpc) is 3.07. The van der Waals surface area contributed by atoms with Gasteiger partial charge in [-0.05, 0) is 35.1 Å². The molecule has 0 radical (unpaired) electrons. The van der Waals surface area contributed by atoms with E-state index in [1.807, 2.05) is 84.9 Å². The molecule has 4 aromatic rings. The van der Waals surface area contributed by atoms with Crippen LogP contribution in [-0.2, 0) is 14.8 Å². The molecule has 0 aromatic heterocycles. The van der Waals surface area contributed by atoms with Crippen LogP contribution in [0, 0.1) is 0 Å². The Morgan fingerprint density at radius 2 is 1.39 bits per heavy atom. The molecular weight excluding hydrogens is 432 g/mol. The number of rotatable bonds is 7. The minimum Gasteiger partial charge on any atom is -0.345 e. The van der Waals surface area contributed by atoms with Crippen LogP contribution in [0.25, 0.3) is 10.8 Å². The Bertz CT molecular complexity index is 1360. The van der Waals surface area contributed by atoms with Crippen LogP contribution in [0.1, 0.15) is 30.0 Å². The third kappa shape index (κ3) is 3.98. The van der Waals surface area contributed by atoms with Gasteiger partial charge in [0, 0.05) is 18.4 Å². The first kappa shape index (κ1) is 21.2. The van der Waals surface area contributed by atoms with Gasteiger partial charge in [-0.2, -0.15) is 0 Å². The van der Waals surface area contributed by atoms with Gasteiger partial charge >= 0.3 is 0 Å². The maximum atomic E-state index is 13.1. The minimum absolute atomic E-state index is 0.111. The number of carbonyl (C=O) groups excluding carboxylic acids is 1. The van der Waals surface area contributed by atoms with Gasteiger partial charge in [-0.15, -0.1) is 0 Å². The van der Waals surface area contributed by atoms with E-state index in [0.717, 1.165) is 21.9 Å². The third-order valence-corrected chi connectivity index (χ3v) is 7.87. The van der Waals surface area contributed by atoms with Crippen molar-refractivity contribution in [3.8, 4) is 0 Å². The van der Waals surface area contributed by atoms with Crippen LogP contribution >= 0.6 is 0 Å². The molecule has 0 saturated heterocycles. The highest BCUT2D eigenvalue weighted by atomic mass is 32.2. The standard InChI is InChI=1S/C27H24N2O3S/c30-25(28-27(21-10-3-1-4-11-21)22-12-5-2-6-13-22)18-9-19-29-23-16-7-14-20-15-8-17-24(26(20)23)33(29,31)32/h1-8,10-17,27H,9,18-19H2,(H,28,30). The van der Waals surface area contributed by atoms with Gasteiger partial charge in [-0.3, -0.25) is 9.10 Å². The first-order chi connectivity index (χ1) is 16.1. The van der Waals surface area contributed by atoms with Gasteiger partial charge in [0.25, 0.3) is 10.0 Å². The van der Waals surface area contributed by atoms with Crippen LogP contribution in [0.15, 0.2) is 102 Å². The van der Waals surface area contributed by atoms with E-state index in [9.17, 15) is 13.2 Å². The second-order valence-corrected chi connectivity index (χ2v) is 9.96. The molecule has 0 saturated carbocycles. The molecule has 1 amide bonds. The molecule has 1 heterocycles. The summed E-state index contributed by atoms with van der Waals surface area (Å²) in [4.78, 5) is 13.2. The number of carbonyl (C=O) groups is 1. The SMILES string of the molecule is O=C(CCCN1c2cccc3cccc(c23)S1(=O)=O)NC(c1ccccc1)c1ccccc1. The Morgan fingerprint density at radius 1 is 0.788 bits per heavy atom. The van der Waals surface area contributed by atoms with Crippen LogP contribution in [0.2, 0.25) is 0 Å². The molecule has 0 atom stereocenters. The van der Waals surface area contributed by atoms with E-state index in [1.165, 1.54) is 4.31 Å². The summed E-state index contributed by atoms with van der Waals surface area (Å²) in [5.41, 5.74) is 2.69. The Kier molecular flexibility index (Phi) is 5.60. The predicted molar refractivity (Wildman–Crippen MR) is 131 cm³/mol. The van der Waals surface area contributed by atoms with Gasteiger partial charge in [0.2, 0.25) is 5.91 Å². The Balaban J connectivity index is 1.29. The average molecular weight is 457 g/mol. The fraction of sp³-hybridized carbons (Fsp3) is 0.148. The molecule has 0 bridgehead atoms. The van der Waals surface area contributed by atoms with Crippen molar-refractivity contribution >= 4 is 32.4 Å². The lowest BCUT2D eigenvalue weighted by Crippen LogP contribution is -2.32. The molecule has 5 nitrogen and oxygen atoms in total. The van der Waals surface area contributed by atoms with E-state index < -0.39 is 10.0 Å². The van der Waals surface area contributed by atoms with Crippen LogP contribution in [0.5, 0.6) is 0 Å². The van der Waals surface area contributed by atoms with E-state index >= 15 is 0 Å². The third-order valence-electron chi connectivity index (χ3n) is 6.02. The number of hydrogen-bond acceptors (Lipinski definition) is 3. The summed E-state index contributed by atoms with van der Waals surface area (Å²) in [5, 5.41) is 4.79. The number of nitrogens with zero attached hydrogens (tertiary/aromatic N) is 1. The highest BCUT2D eigenvalue weighted by Gasteiger charge is 2.35. The normalized spacial score (nSPS) is 14.0. The Labute approximate surface area is 193 Å². The number of nitrogens with one attached hydrogen (secondary N) is 1. The number of hydrogen-bond donors (Lipinski definition) is 1. The van der Waals surface area contributed by atoms with E-state index in [4.69, 9.17) is 0 Å². The summed E-state index contributed by atoms with van der Waals surface area (Å²) in [7, 11) is -3.60. The molecule has 1 aliphatic rings. The minimum atomic E-state index is -3.60. The highest BCUT2D eigenvalue weighted by Crippen LogP contribution is 2.42. The van der Waals surface area contributed by atoms with Gasteiger partial charge in [-0.25, -0.2) is 8.42 Å². The molecule has 4 aromatic carbocycles. The molecule has 0 unspecified atom stereocenters. The summed E-state index contributed by atoms with van der Waals surface area (Å²) < 4.78 is 27.7. The summed E-state index contributed by atoms with van der Waals surface area (Å²) in [6, 6.07) is 30.4. The molecule has 0 fully saturated rings. The summed E-state index contributed by atoms with van der Waals surface area (Å²) in [5.74, 6) is -0.111.